The molecule has 1 aliphatic carbocycles. The molecule has 2 rings (SSSR count). The summed E-state index contributed by atoms with van der Waals surface area (Å²) in [7, 11) is 1.61. The second-order valence-corrected chi connectivity index (χ2v) is 6.17. The standard InChI is InChI=1S/C20H29NO3/c1-4-9-16-12-13-18(19(14-16)23-3)24-15-20(22)21(5-2)17-10-7-6-8-11-17/h4,9,12-14,17H,5-8,10-11,15H2,1-3H3/b9-4+. The first-order valence-electron chi connectivity index (χ1n) is 8.92. The first kappa shape index (κ1) is 18.4. The zero-order valence-electron chi connectivity index (χ0n) is 15.1. The molecule has 4 heteroatoms. The highest BCUT2D eigenvalue weighted by molar-refractivity contribution is 5.78. The summed E-state index contributed by atoms with van der Waals surface area (Å²) in [6, 6.07) is 6.11. The maximum atomic E-state index is 12.6. The first-order chi connectivity index (χ1) is 11.7. The van der Waals surface area contributed by atoms with Crippen molar-refractivity contribution in [1.82, 2.24) is 4.90 Å². The minimum absolute atomic E-state index is 0.0592. The zero-order valence-corrected chi connectivity index (χ0v) is 15.1. The Kier molecular flexibility index (Phi) is 7.16. The van der Waals surface area contributed by atoms with Gasteiger partial charge < -0.3 is 14.4 Å². The molecule has 1 aromatic carbocycles. The second kappa shape index (κ2) is 9.36. The Morgan fingerprint density at radius 3 is 2.62 bits per heavy atom. The third-order valence-electron chi connectivity index (χ3n) is 4.57. The van der Waals surface area contributed by atoms with E-state index in [2.05, 4.69) is 0 Å². The van der Waals surface area contributed by atoms with Gasteiger partial charge in [0.1, 0.15) is 0 Å². The summed E-state index contributed by atoms with van der Waals surface area (Å²) in [4.78, 5) is 14.5. The van der Waals surface area contributed by atoms with Gasteiger partial charge in [-0.3, -0.25) is 4.79 Å². The molecule has 0 saturated heterocycles. The molecule has 1 aliphatic rings. The summed E-state index contributed by atoms with van der Waals surface area (Å²) in [5.74, 6) is 1.32. The van der Waals surface area contributed by atoms with Crippen molar-refractivity contribution in [2.75, 3.05) is 20.3 Å². The SMILES string of the molecule is C/C=C/c1ccc(OCC(=O)N(CC)C2CCCCC2)c(OC)c1. The van der Waals surface area contributed by atoms with Gasteiger partial charge in [-0.05, 0) is 44.4 Å². The molecule has 0 aromatic heterocycles. The van der Waals surface area contributed by atoms with Gasteiger partial charge in [0.05, 0.1) is 7.11 Å². The third kappa shape index (κ3) is 4.76. The zero-order chi connectivity index (χ0) is 17.4. The number of hydrogen-bond acceptors (Lipinski definition) is 3. The average molecular weight is 331 g/mol. The van der Waals surface area contributed by atoms with Crippen LogP contribution in [-0.4, -0.2) is 37.1 Å². The highest BCUT2D eigenvalue weighted by Gasteiger charge is 2.24. The molecule has 1 amide bonds. The monoisotopic (exact) mass is 331 g/mol. The van der Waals surface area contributed by atoms with Crippen LogP contribution < -0.4 is 9.47 Å². The second-order valence-electron chi connectivity index (χ2n) is 6.17. The van der Waals surface area contributed by atoms with Gasteiger partial charge in [0.25, 0.3) is 5.91 Å². The summed E-state index contributed by atoms with van der Waals surface area (Å²) in [5, 5.41) is 0. The molecule has 132 valence electrons. The van der Waals surface area contributed by atoms with E-state index in [1.54, 1.807) is 7.11 Å². The van der Waals surface area contributed by atoms with E-state index in [4.69, 9.17) is 9.47 Å². The Hall–Kier alpha value is -1.97. The van der Waals surface area contributed by atoms with Gasteiger partial charge in [-0.25, -0.2) is 0 Å². The number of carbonyl (C=O) groups is 1. The summed E-state index contributed by atoms with van der Waals surface area (Å²) in [5.41, 5.74) is 1.05. The largest absolute Gasteiger partial charge is 0.493 e. The fourth-order valence-corrected chi connectivity index (χ4v) is 3.35. The topological polar surface area (TPSA) is 38.8 Å². The lowest BCUT2D eigenvalue weighted by Gasteiger charge is -2.33. The molecule has 1 fully saturated rings. The Labute approximate surface area is 145 Å². The van der Waals surface area contributed by atoms with Crippen molar-refractivity contribution < 1.29 is 14.3 Å². The highest BCUT2D eigenvalue weighted by atomic mass is 16.5. The number of ether oxygens (including phenoxy) is 2. The molecule has 1 saturated carbocycles. The molecule has 0 radical (unpaired) electrons. The Balaban J connectivity index is 1.99. The van der Waals surface area contributed by atoms with E-state index in [1.807, 2.05) is 49.1 Å². The molecule has 4 nitrogen and oxygen atoms in total. The van der Waals surface area contributed by atoms with E-state index in [-0.39, 0.29) is 12.5 Å². The van der Waals surface area contributed by atoms with Crippen LogP contribution in [0, 0.1) is 0 Å². The number of rotatable bonds is 7. The molecule has 0 aliphatic heterocycles. The molecule has 0 spiro atoms. The quantitative estimate of drug-likeness (QED) is 0.748. The number of benzene rings is 1. The molecule has 1 aromatic rings. The maximum absolute atomic E-state index is 12.6. The Morgan fingerprint density at radius 2 is 2.00 bits per heavy atom. The number of carbonyl (C=O) groups excluding carboxylic acids is 1. The number of likely N-dealkylation sites (N-methyl/N-ethyl adjacent to an activating group) is 1. The van der Waals surface area contributed by atoms with E-state index in [1.165, 1.54) is 19.3 Å². The van der Waals surface area contributed by atoms with Gasteiger partial charge in [-0.15, -0.1) is 0 Å². The van der Waals surface area contributed by atoms with Crippen molar-refractivity contribution in [1.29, 1.82) is 0 Å². The fraction of sp³-hybridized carbons (Fsp3) is 0.550. The smallest absolute Gasteiger partial charge is 0.260 e. The molecule has 0 unspecified atom stereocenters. The predicted octanol–water partition coefficient (Wildman–Crippen LogP) is 4.29. The van der Waals surface area contributed by atoms with Gasteiger partial charge >= 0.3 is 0 Å². The summed E-state index contributed by atoms with van der Waals surface area (Å²) >= 11 is 0. The van der Waals surface area contributed by atoms with Crippen molar-refractivity contribution in [2.24, 2.45) is 0 Å². The highest BCUT2D eigenvalue weighted by Crippen LogP contribution is 2.29. The molecular formula is C20H29NO3. The number of allylic oxidation sites excluding steroid dienone is 1. The van der Waals surface area contributed by atoms with Crippen molar-refractivity contribution >= 4 is 12.0 Å². The van der Waals surface area contributed by atoms with Crippen LogP contribution in [0.15, 0.2) is 24.3 Å². The van der Waals surface area contributed by atoms with Crippen LogP contribution in [0.5, 0.6) is 11.5 Å². The van der Waals surface area contributed by atoms with Crippen molar-refractivity contribution in [3.8, 4) is 11.5 Å². The van der Waals surface area contributed by atoms with Crippen LogP contribution in [-0.2, 0) is 4.79 Å². The van der Waals surface area contributed by atoms with E-state index in [0.717, 1.165) is 24.9 Å². The average Bonchev–Trinajstić information content (AvgIpc) is 2.62. The number of methoxy groups -OCH3 is 1. The molecule has 24 heavy (non-hydrogen) atoms. The molecule has 0 N–H and O–H groups in total. The first-order valence-corrected chi connectivity index (χ1v) is 8.92. The molecule has 0 atom stereocenters. The van der Waals surface area contributed by atoms with E-state index in [0.29, 0.717) is 17.5 Å². The normalized spacial score (nSPS) is 15.5. The summed E-state index contributed by atoms with van der Waals surface area (Å²) in [6.45, 7) is 4.81. The number of amides is 1. The van der Waals surface area contributed by atoms with Crippen LogP contribution in [0.4, 0.5) is 0 Å². The number of hydrogen-bond donors (Lipinski definition) is 0. The minimum Gasteiger partial charge on any atom is -0.493 e. The summed E-state index contributed by atoms with van der Waals surface area (Å²) < 4.78 is 11.1. The van der Waals surface area contributed by atoms with E-state index >= 15 is 0 Å². The fourth-order valence-electron chi connectivity index (χ4n) is 3.35. The van der Waals surface area contributed by atoms with Crippen molar-refractivity contribution in [3.63, 3.8) is 0 Å². The van der Waals surface area contributed by atoms with Gasteiger partial charge in [0.15, 0.2) is 18.1 Å². The van der Waals surface area contributed by atoms with Crippen molar-refractivity contribution in [3.05, 3.63) is 29.8 Å². The Morgan fingerprint density at radius 1 is 1.25 bits per heavy atom. The lowest BCUT2D eigenvalue weighted by Crippen LogP contribution is -2.43. The van der Waals surface area contributed by atoms with Gasteiger partial charge in [0, 0.05) is 12.6 Å². The van der Waals surface area contributed by atoms with Gasteiger partial charge in [-0.1, -0.05) is 37.5 Å². The summed E-state index contributed by atoms with van der Waals surface area (Å²) in [6.07, 6.45) is 9.92. The van der Waals surface area contributed by atoms with Crippen LogP contribution >= 0.6 is 0 Å². The van der Waals surface area contributed by atoms with Crippen LogP contribution in [0.25, 0.3) is 6.08 Å². The maximum Gasteiger partial charge on any atom is 0.260 e. The van der Waals surface area contributed by atoms with Crippen LogP contribution in [0.2, 0.25) is 0 Å². The lowest BCUT2D eigenvalue weighted by molar-refractivity contribution is -0.136. The predicted molar refractivity (Wildman–Crippen MR) is 97.5 cm³/mol. The molecule has 0 heterocycles. The Bertz CT molecular complexity index is 562. The third-order valence-corrected chi connectivity index (χ3v) is 4.57. The minimum atomic E-state index is 0.0592. The van der Waals surface area contributed by atoms with Gasteiger partial charge in [-0.2, -0.15) is 0 Å². The van der Waals surface area contributed by atoms with Crippen LogP contribution in [0.1, 0.15) is 51.5 Å². The van der Waals surface area contributed by atoms with E-state index < -0.39 is 0 Å². The van der Waals surface area contributed by atoms with Gasteiger partial charge in [0.2, 0.25) is 0 Å². The lowest BCUT2D eigenvalue weighted by atomic mass is 9.94. The molecule has 0 bridgehead atoms. The number of nitrogens with zero attached hydrogens (tertiary/aromatic N) is 1. The van der Waals surface area contributed by atoms with E-state index in [9.17, 15) is 4.79 Å². The van der Waals surface area contributed by atoms with Crippen LogP contribution in [0.3, 0.4) is 0 Å². The molecular weight excluding hydrogens is 302 g/mol. The van der Waals surface area contributed by atoms with Crippen molar-refractivity contribution in [2.45, 2.75) is 52.0 Å².